The number of allylic oxidation sites excluding steroid dienone is 6. The van der Waals surface area contributed by atoms with Crippen LogP contribution < -0.4 is 5.32 Å². The first-order valence-electron chi connectivity index (χ1n) is 9.97. The molecule has 5 nitrogen and oxygen atoms in total. The first kappa shape index (κ1) is 18.4. The van der Waals surface area contributed by atoms with Crippen molar-refractivity contribution in [3.8, 4) is 5.75 Å². The highest BCUT2D eigenvalue weighted by Crippen LogP contribution is 2.32. The summed E-state index contributed by atoms with van der Waals surface area (Å²) in [6, 6.07) is 3.59. The fraction of sp³-hybridized carbons (Fsp3) is 0.348. The zero-order valence-electron chi connectivity index (χ0n) is 15.9. The molecule has 28 heavy (non-hydrogen) atoms. The molecule has 5 heteroatoms. The Kier molecular flexibility index (Phi) is 5.51. The third-order valence-corrected chi connectivity index (χ3v) is 5.59. The standard InChI is InChI=1S/C23H25N3O2/c27-22-20-19(11-6-12-24-20)15-25-21(22)23(28)26-14-16-7-5-10-17-8-3-1-2-4-9-18(17)13-16/h1-3,6,8,11-12,15-16,27H,4-5,7,9-10,13-14H2,(H,26,28)/b2-1-,8-3-. The lowest BCUT2D eigenvalue weighted by atomic mass is 9.92. The highest BCUT2D eigenvalue weighted by Gasteiger charge is 2.21. The van der Waals surface area contributed by atoms with E-state index in [1.807, 2.05) is 6.07 Å². The molecule has 0 fully saturated rings. The Labute approximate surface area is 164 Å². The van der Waals surface area contributed by atoms with Gasteiger partial charge in [0.25, 0.3) is 5.91 Å². The summed E-state index contributed by atoms with van der Waals surface area (Å²) in [4.78, 5) is 20.9. The van der Waals surface area contributed by atoms with E-state index < -0.39 is 0 Å². The lowest BCUT2D eigenvalue weighted by Crippen LogP contribution is -2.30. The summed E-state index contributed by atoms with van der Waals surface area (Å²) in [5.74, 6) is -0.0867. The van der Waals surface area contributed by atoms with Crippen LogP contribution >= 0.6 is 0 Å². The first-order chi connectivity index (χ1) is 13.7. The number of carbonyl (C=O) groups excluding carboxylic acids is 1. The van der Waals surface area contributed by atoms with Crippen molar-refractivity contribution < 1.29 is 9.90 Å². The summed E-state index contributed by atoms with van der Waals surface area (Å²) in [5, 5.41) is 14.1. The Morgan fingerprint density at radius 2 is 2.18 bits per heavy atom. The van der Waals surface area contributed by atoms with Crippen LogP contribution in [-0.4, -0.2) is 27.5 Å². The van der Waals surface area contributed by atoms with Crippen LogP contribution in [0.25, 0.3) is 10.9 Å². The first-order valence-corrected chi connectivity index (χ1v) is 9.97. The second kappa shape index (κ2) is 8.38. The van der Waals surface area contributed by atoms with Gasteiger partial charge in [0.15, 0.2) is 11.4 Å². The number of aromatic hydroxyl groups is 1. The van der Waals surface area contributed by atoms with Crippen molar-refractivity contribution in [1.29, 1.82) is 0 Å². The zero-order chi connectivity index (χ0) is 19.3. The maximum atomic E-state index is 12.6. The number of nitrogens with zero attached hydrogens (tertiary/aromatic N) is 2. The van der Waals surface area contributed by atoms with E-state index in [9.17, 15) is 9.90 Å². The van der Waals surface area contributed by atoms with Crippen molar-refractivity contribution in [2.75, 3.05) is 6.54 Å². The van der Waals surface area contributed by atoms with Gasteiger partial charge in [-0.2, -0.15) is 0 Å². The highest BCUT2D eigenvalue weighted by molar-refractivity contribution is 6.00. The Bertz CT molecular complexity index is 975. The molecule has 2 heterocycles. The van der Waals surface area contributed by atoms with Crippen LogP contribution in [0.5, 0.6) is 5.75 Å². The normalized spacial score (nSPS) is 21.9. The van der Waals surface area contributed by atoms with Crippen molar-refractivity contribution in [3.05, 3.63) is 65.7 Å². The van der Waals surface area contributed by atoms with E-state index in [1.54, 1.807) is 18.5 Å². The number of carbonyl (C=O) groups is 1. The smallest absolute Gasteiger partial charge is 0.273 e. The number of aromatic nitrogens is 2. The number of fused-ring (bicyclic) bond motifs is 1. The third-order valence-electron chi connectivity index (χ3n) is 5.59. The lowest BCUT2D eigenvalue weighted by molar-refractivity contribution is 0.0938. The van der Waals surface area contributed by atoms with Gasteiger partial charge in [-0.05, 0) is 62.1 Å². The van der Waals surface area contributed by atoms with Crippen LogP contribution in [0.3, 0.4) is 0 Å². The topological polar surface area (TPSA) is 75.1 Å². The maximum absolute atomic E-state index is 12.6. The van der Waals surface area contributed by atoms with Gasteiger partial charge in [0.05, 0.1) is 0 Å². The molecule has 0 spiro atoms. The number of hydrogen-bond acceptors (Lipinski definition) is 4. The summed E-state index contributed by atoms with van der Waals surface area (Å²) >= 11 is 0. The van der Waals surface area contributed by atoms with Crippen molar-refractivity contribution in [2.24, 2.45) is 5.92 Å². The molecular formula is C23H25N3O2. The van der Waals surface area contributed by atoms with Crippen molar-refractivity contribution in [2.45, 2.75) is 38.5 Å². The van der Waals surface area contributed by atoms with Crippen molar-refractivity contribution in [1.82, 2.24) is 15.3 Å². The van der Waals surface area contributed by atoms with Gasteiger partial charge in [-0.25, -0.2) is 4.98 Å². The van der Waals surface area contributed by atoms with E-state index in [0.29, 0.717) is 23.4 Å². The van der Waals surface area contributed by atoms with Gasteiger partial charge in [-0.1, -0.05) is 29.9 Å². The van der Waals surface area contributed by atoms with Gasteiger partial charge in [0.2, 0.25) is 0 Å². The highest BCUT2D eigenvalue weighted by atomic mass is 16.3. The van der Waals surface area contributed by atoms with E-state index in [0.717, 1.165) is 38.5 Å². The Hall–Kier alpha value is -2.95. The number of hydrogen-bond donors (Lipinski definition) is 2. The van der Waals surface area contributed by atoms with Gasteiger partial charge >= 0.3 is 0 Å². The van der Waals surface area contributed by atoms with Crippen LogP contribution in [0.4, 0.5) is 0 Å². The average molecular weight is 375 g/mol. The molecule has 0 radical (unpaired) electrons. The SMILES string of the molecule is O=C(NCC1CCCC2=C(CC/C=C\C=C/2)C1)c1ncc2cccnc2c1O. The Morgan fingerprint density at radius 1 is 1.25 bits per heavy atom. The van der Waals surface area contributed by atoms with Gasteiger partial charge in [0, 0.05) is 24.3 Å². The molecule has 0 saturated heterocycles. The molecule has 0 aliphatic heterocycles. The summed E-state index contributed by atoms with van der Waals surface area (Å²) in [6.07, 6.45) is 18.4. The molecule has 1 atom stereocenters. The van der Waals surface area contributed by atoms with E-state index in [4.69, 9.17) is 0 Å². The third kappa shape index (κ3) is 3.98. The fourth-order valence-electron chi connectivity index (χ4n) is 4.10. The van der Waals surface area contributed by atoms with Crippen molar-refractivity contribution in [3.63, 3.8) is 0 Å². The quantitative estimate of drug-likeness (QED) is 0.831. The zero-order valence-corrected chi connectivity index (χ0v) is 15.9. The van der Waals surface area contributed by atoms with Crippen molar-refractivity contribution >= 4 is 16.8 Å². The van der Waals surface area contributed by atoms with Crippen LogP contribution in [0, 0.1) is 5.92 Å². The summed E-state index contributed by atoms with van der Waals surface area (Å²) in [5.41, 5.74) is 3.44. The van der Waals surface area contributed by atoms with E-state index in [-0.39, 0.29) is 17.4 Å². The fourth-order valence-corrected chi connectivity index (χ4v) is 4.10. The molecule has 0 aromatic carbocycles. The molecule has 1 amide bonds. The average Bonchev–Trinajstić information content (AvgIpc) is 2.88. The van der Waals surface area contributed by atoms with Gasteiger partial charge in [0.1, 0.15) is 5.52 Å². The molecule has 0 saturated carbocycles. The summed E-state index contributed by atoms with van der Waals surface area (Å²) in [7, 11) is 0. The molecule has 2 aliphatic carbocycles. The number of nitrogens with one attached hydrogen (secondary N) is 1. The molecule has 2 aliphatic rings. The van der Waals surface area contributed by atoms with E-state index >= 15 is 0 Å². The number of amides is 1. The molecule has 4 rings (SSSR count). The van der Waals surface area contributed by atoms with Crippen LogP contribution in [0.1, 0.15) is 49.0 Å². The maximum Gasteiger partial charge on any atom is 0.273 e. The Morgan fingerprint density at radius 3 is 3.11 bits per heavy atom. The molecule has 1 unspecified atom stereocenters. The minimum atomic E-state index is -0.344. The predicted molar refractivity (Wildman–Crippen MR) is 110 cm³/mol. The minimum Gasteiger partial charge on any atom is -0.504 e. The monoisotopic (exact) mass is 375 g/mol. The van der Waals surface area contributed by atoms with E-state index in [2.05, 4.69) is 39.6 Å². The predicted octanol–water partition coefficient (Wildman–Crippen LogP) is 4.46. The second-order valence-electron chi connectivity index (χ2n) is 7.52. The second-order valence-corrected chi connectivity index (χ2v) is 7.52. The minimum absolute atomic E-state index is 0.0405. The number of rotatable bonds is 3. The Balaban J connectivity index is 1.44. The molecule has 2 aromatic heterocycles. The van der Waals surface area contributed by atoms with Crippen LogP contribution in [0.15, 0.2) is 60.0 Å². The summed E-state index contributed by atoms with van der Waals surface area (Å²) < 4.78 is 0. The van der Waals surface area contributed by atoms with E-state index in [1.165, 1.54) is 11.1 Å². The van der Waals surface area contributed by atoms with Gasteiger partial charge in [-0.3, -0.25) is 9.78 Å². The van der Waals surface area contributed by atoms with Gasteiger partial charge in [-0.15, -0.1) is 0 Å². The molecule has 2 N–H and O–H groups in total. The lowest BCUT2D eigenvalue weighted by Gasteiger charge is -2.18. The molecular weight excluding hydrogens is 350 g/mol. The molecule has 0 bridgehead atoms. The summed E-state index contributed by atoms with van der Waals surface area (Å²) in [6.45, 7) is 0.594. The van der Waals surface area contributed by atoms with Gasteiger partial charge < -0.3 is 10.4 Å². The number of pyridine rings is 2. The van der Waals surface area contributed by atoms with Crippen LogP contribution in [-0.2, 0) is 0 Å². The molecule has 144 valence electrons. The largest absolute Gasteiger partial charge is 0.504 e. The van der Waals surface area contributed by atoms with Crippen LogP contribution in [0.2, 0.25) is 0 Å². The molecule has 2 aromatic rings.